The number of carbonyl (C=O) groups excluding carboxylic acids is 2. The number of amides is 2. The van der Waals surface area contributed by atoms with Crippen molar-refractivity contribution < 1.29 is 19.4 Å². The smallest absolute Gasteiger partial charge is 0.408 e. The zero-order valence-corrected chi connectivity index (χ0v) is 14.2. The van der Waals surface area contributed by atoms with Gasteiger partial charge in [0.15, 0.2) is 0 Å². The van der Waals surface area contributed by atoms with Crippen LogP contribution < -0.4 is 16.4 Å². The van der Waals surface area contributed by atoms with Crippen LogP contribution in [-0.4, -0.2) is 35.4 Å². The standard InChI is InChI=1S/C14H20BrN3O4/c1-14(2,3)22-13(21)18-11(7-19)12(20)17-10-6-8(15)4-5-9(10)16/h4-6,11,19H,7,16H2,1-3H3,(H,17,20)(H,18,21)/t11-/m0/s1. The van der Waals surface area contributed by atoms with Gasteiger partial charge in [-0.2, -0.15) is 0 Å². The number of carbonyl (C=O) groups is 2. The molecule has 0 bridgehead atoms. The Morgan fingerprint density at radius 2 is 2.05 bits per heavy atom. The number of nitrogen functional groups attached to an aromatic ring is 1. The van der Waals surface area contributed by atoms with Gasteiger partial charge < -0.3 is 26.2 Å². The Hall–Kier alpha value is -1.80. The van der Waals surface area contributed by atoms with E-state index in [0.29, 0.717) is 11.4 Å². The lowest BCUT2D eigenvalue weighted by Gasteiger charge is -2.22. The molecule has 5 N–H and O–H groups in total. The molecule has 0 fully saturated rings. The normalized spacial score (nSPS) is 12.4. The van der Waals surface area contributed by atoms with Gasteiger partial charge in [0.25, 0.3) is 0 Å². The number of rotatable bonds is 4. The van der Waals surface area contributed by atoms with Gasteiger partial charge in [0, 0.05) is 4.47 Å². The Bertz CT molecular complexity index is 558. The molecule has 0 saturated carbocycles. The number of hydrogen-bond acceptors (Lipinski definition) is 5. The summed E-state index contributed by atoms with van der Waals surface area (Å²) in [5.74, 6) is -0.599. The highest BCUT2D eigenvalue weighted by Gasteiger charge is 2.24. The highest BCUT2D eigenvalue weighted by Crippen LogP contribution is 2.23. The fourth-order valence-electron chi connectivity index (χ4n) is 1.50. The van der Waals surface area contributed by atoms with E-state index in [9.17, 15) is 14.7 Å². The molecule has 1 aromatic rings. The summed E-state index contributed by atoms with van der Waals surface area (Å²) in [5, 5.41) is 14.1. The second kappa shape index (κ2) is 7.46. The Balaban J connectivity index is 2.72. The topological polar surface area (TPSA) is 114 Å². The molecule has 7 nitrogen and oxygen atoms in total. The number of nitrogens with one attached hydrogen (secondary N) is 2. The van der Waals surface area contributed by atoms with Crippen LogP contribution in [-0.2, 0) is 9.53 Å². The van der Waals surface area contributed by atoms with E-state index >= 15 is 0 Å². The van der Waals surface area contributed by atoms with Gasteiger partial charge in [-0.15, -0.1) is 0 Å². The maximum Gasteiger partial charge on any atom is 0.408 e. The molecule has 0 heterocycles. The third kappa shape index (κ3) is 5.90. The lowest BCUT2D eigenvalue weighted by molar-refractivity contribution is -0.119. The molecule has 0 aliphatic rings. The summed E-state index contributed by atoms with van der Waals surface area (Å²) in [6, 6.07) is 3.82. The number of benzene rings is 1. The lowest BCUT2D eigenvalue weighted by Crippen LogP contribution is -2.47. The van der Waals surface area contributed by atoms with Crippen molar-refractivity contribution in [2.75, 3.05) is 17.7 Å². The van der Waals surface area contributed by atoms with Crippen molar-refractivity contribution in [1.82, 2.24) is 5.32 Å². The van der Waals surface area contributed by atoms with E-state index in [2.05, 4.69) is 26.6 Å². The van der Waals surface area contributed by atoms with Gasteiger partial charge in [-0.05, 0) is 39.0 Å². The second-order valence-electron chi connectivity index (χ2n) is 5.60. The van der Waals surface area contributed by atoms with Crippen LogP contribution in [0.5, 0.6) is 0 Å². The van der Waals surface area contributed by atoms with Crippen molar-refractivity contribution in [2.45, 2.75) is 32.4 Å². The van der Waals surface area contributed by atoms with Crippen LogP contribution in [0.4, 0.5) is 16.2 Å². The average molecular weight is 374 g/mol. The van der Waals surface area contributed by atoms with E-state index in [1.165, 1.54) is 0 Å². The first-order valence-corrected chi connectivity index (χ1v) is 7.38. The van der Waals surface area contributed by atoms with Crippen LogP contribution in [0.15, 0.2) is 22.7 Å². The van der Waals surface area contributed by atoms with Gasteiger partial charge in [0.05, 0.1) is 18.0 Å². The highest BCUT2D eigenvalue weighted by molar-refractivity contribution is 9.10. The fourth-order valence-corrected chi connectivity index (χ4v) is 1.86. The molecule has 0 unspecified atom stereocenters. The van der Waals surface area contributed by atoms with Crippen LogP contribution in [0, 0.1) is 0 Å². The molecule has 0 spiro atoms. The molecule has 1 rings (SSSR count). The van der Waals surface area contributed by atoms with Gasteiger partial charge in [-0.1, -0.05) is 15.9 Å². The molecule has 2 amide bonds. The molecule has 1 aromatic carbocycles. The minimum atomic E-state index is -1.15. The van der Waals surface area contributed by atoms with Gasteiger partial charge >= 0.3 is 6.09 Å². The Kier molecular flexibility index (Phi) is 6.19. The zero-order valence-electron chi connectivity index (χ0n) is 12.6. The molecular weight excluding hydrogens is 354 g/mol. The molecule has 122 valence electrons. The molecular formula is C14H20BrN3O4. The van der Waals surface area contributed by atoms with Crippen molar-refractivity contribution in [1.29, 1.82) is 0 Å². The minimum absolute atomic E-state index is 0.366. The molecule has 8 heteroatoms. The van der Waals surface area contributed by atoms with Crippen molar-refractivity contribution in [3.05, 3.63) is 22.7 Å². The van der Waals surface area contributed by atoms with E-state index in [4.69, 9.17) is 10.5 Å². The summed E-state index contributed by atoms with van der Waals surface area (Å²) in [7, 11) is 0. The van der Waals surface area contributed by atoms with E-state index in [0.717, 1.165) is 4.47 Å². The van der Waals surface area contributed by atoms with Crippen LogP contribution in [0.25, 0.3) is 0 Å². The predicted molar refractivity (Wildman–Crippen MR) is 87.4 cm³/mol. The summed E-state index contributed by atoms with van der Waals surface area (Å²) in [6.45, 7) is 4.52. The second-order valence-corrected chi connectivity index (χ2v) is 6.52. The van der Waals surface area contributed by atoms with E-state index in [-0.39, 0.29) is 0 Å². The number of aliphatic hydroxyl groups excluding tert-OH is 1. The monoisotopic (exact) mass is 373 g/mol. The van der Waals surface area contributed by atoms with Crippen molar-refractivity contribution in [2.24, 2.45) is 0 Å². The largest absolute Gasteiger partial charge is 0.444 e. The third-order valence-electron chi connectivity index (χ3n) is 2.46. The van der Waals surface area contributed by atoms with Gasteiger partial charge in [0.2, 0.25) is 5.91 Å². The molecule has 0 aromatic heterocycles. The maximum atomic E-state index is 12.1. The molecule has 22 heavy (non-hydrogen) atoms. The average Bonchev–Trinajstić information content (AvgIpc) is 2.38. The third-order valence-corrected chi connectivity index (χ3v) is 2.96. The van der Waals surface area contributed by atoms with Crippen molar-refractivity contribution in [3.63, 3.8) is 0 Å². The minimum Gasteiger partial charge on any atom is -0.444 e. The summed E-state index contributed by atoms with van der Waals surface area (Å²) in [6.07, 6.45) is -0.788. The van der Waals surface area contributed by atoms with Gasteiger partial charge in [-0.25, -0.2) is 4.79 Å². The number of hydrogen-bond donors (Lipinski definition) is 4. The number of ether oxygens (including phenoxy) is 1. The predicted octanol–water partition coefficient (Wildman–Crippen LogP) is 1.86. The van der Waals surface area contributed by atoms with E-state index in [1.54, 1.807) is 39.0 Å². The van der Waals surface area contributed by atoms with Crippen LogP contribution >= 0.6 is 15.9 Å². The summed E-state index contributed by atoms with van der Waals surface area (Å²) in [5.41, 5.74) is 5.80. The van der Waals surface area contributed by atoms with Crippen LogP contribution in [0.3, 0.4) is 0 Å². The number of nitrogens with two attached hydrogens (primary N) is 1. The van der Waals surface area contributed by atoms with Crippen LogP contribution in [0.1, 0.15) is 20.8 Å². The Morgan fingerprint density at radius 1 is 1.41 bits per heavy atom. The number of halogens is 1. The first-order valence-electron chi connectivity index (χ1n) is 6.58. The first-order chi connectivity index (χ1) is 10.1. The maximum absolute atomic E-state index is 12.1. The van der Waals surface area contributed by atoms with Gasteiger partial charge in [-0.3, -0.25) is 4.79 Å². The molecule has 0 saturated heterocycles. The van der Waals surface area contributed by atoms with Crippen molar-refractivity contribution in [3.8, 4) is 0 Å². The summed E-state index contributed by atoms with van der Waals surface area (Å²) < 4.78 is 5.77. The molecule has 0 radical (unpaired) electrons. The Labute approximate surface area is 137 Å². The Morgan fingerprint density at radius 3 is 2.59 bits per heavy atom. The number of alkyl carbamates (subject to hydrolysis) is 1. The molecule has 1 atom stereocenters. The first kappa shape index (κ1) is 18.2. The van der Waals surface area contributed by atoms with Crippen molar-refractivity contribution >= 4 is 39.3 Å². The van der Waals surface area contributed by atoms with E-state index < -0.39 is 30.3 Å². The van der Waals surface area contributed by atoms with Gasteiger partial charge in [0.1, 0.15) is 11.6 Å². The number of aliphatic hydroxyl groups is 1. The fraction of sp³-hybridized carbons (Fsp3) is 0.429. The SMILES string of the molecule is CC(C)(C)OC(=O)N[C@@H](CO)C(=O)Nc1cc(Br)ccc1N. The lowest BCUT2D eigenvalue weighted by atomic mass is 10.2. The quantitative estimate of drug-likeness (QED) is 0.601. The highest BCUT2D eigenvalue weighted by atomic mass is 79.9. The van der Waals surface area contributed by atoms with Crippen LogP contribution in [0.2, 0.25) is 0 Å². The molecule has 0 aliphatic heterocycles. The van der Waals surface area contributed by atoms with E-state index in [1.807, 2.05) is 0 Å². The number of anilines is 2. The molecule has 0 aliphatic carbocycles. The summed E-state index contributed by atoms with van der Waals surface area (Å²) >= 11 is 3.27. The summed E-state index contributed by atoms with van der Waals surface area (Å²) in [4.78, 5) is 23.7. The zero-order chi connectivity index (χ0) is 16.9.